The number of aryl methyl sites for hydroxylation is 1. The Morgan fingerprint density at radius 3 is 2.95 bits per heavy atom. The van der Waals surface area contributed by atoms with Gasteiger partial charge in [-0.05, 0) is 36.8 Å². The van der Waals surface area contributed by atoms with E-state index in [1.807, 2.05) is 24.3 Å². The minimum atomic E-state index is -0.206. The lowest BCUT2D eigenvalue weighted by molar-refractivity contribution is -0.145. The van der Waals surface area contributed by atoms with Gasteiger partial charge in [0.15, 0.2) is 0 Å². The number of fused-ring (bicyclic) bond motifs is 1. The SMILES string of the molecule is CCc1ccccc1NC(=O)[C@H]1[C@H]2C[C@@H]3[C@@H]1C(=O)O[C@@H]3C2. The molecule has 4 nitrogen and oxygen atoms in total. The summed E-state index contributed by atoms with van der Waals surface area (Å²) in [5, 5.41) is 3.04. The molecule has 5 atom stereocenters. The van der Waals surface area contributed by atoms with Crippen LogP contribution in [0.2, 0.25) is 0 Å². The van der Waals surface area contributed by atoms with E-state index >= 15 is 0 Å². The number of amides is 1. The normalized spacial score (nSPS) is 35.9. The summed E-state index contributed by atoms with van der Waals surface area (Å²) in [6, 6.07) is 7.86. The fourth-order valence-corrected chi connectivity index (χ4v) is 4.53. The van der Waals surface area contributed by atoms with Crippen molar-refractivity contribution in [3.63, 3.8) is 0 Å². The van der Waals surface area contributed by atoms with Crippen molar-refractivity contribution in [1.29, 1.82) is 0 Å². The molecule has 1 heterocycles. The van der Waals surface area contributed by atoms with Crippen LogP contribution in [0.25, 0.3) is 0 Å². The third-order valence-corrected chi connectivity index (χ3v) is 5.44. The van der Waals surface area contributed by atoms with E-state index in [0.29, 0.717) is 5.92 Å². The lowest BCUT2D eigenvalue weighted by Gasteiger charge is -2.24. The molecule has 21 heavy (non-hydrogen) atoms. The molecule has 1 saturated heterocycles. The van der Waals surface area contributed by atoms with E-state index < -0.39 is 0 Å². The zero-order valence-corrected chi connectivity index (χ0v) is 12.0. The van der Waals surface area contributed by atoms with Crippen molar-refractivity contribution in [3.8, 4) is 0 Å². The van der Waals surface area contributed by atoms with Crippen LogP contribution in [0.5, 0.6) is 0 Å². The van der Waals surface area contributed by atoms with Gasteiger partial charge in [0.2, 0.25) is 5.91 Å². The zero-order valence-electron chi connectivity index (χ0n) is 12.0. The predicted molar refractivity (Wildman–Crippen MR) is 77.5 cm³/mol. The first-order valence-electron chi connectivity index (χ1n) is 7.78. The Kier molecular flexibility index (Phi) is 2.81. The van der Waals surface area contributed by atoms with E-state index in [2.05, 4.69) is 12.2 Å². The highest BCUT2D eigenvalue weighted by Crippen LogP contribution is 2.57. The molecular formula is C17H19NO3. The summed E-state index contributed by atoms with van der Waals surface area (Å²) in [5.74, 6) is 0.0123. The number of esters is 1. The molecule has 1 aliphatic heterocycles. The molecule has 3 fully saturated rings. The van der Waals surface area contributed by atoms with E-state index in [9.17, 15) is 9.59 Å². The van der Waals surface area contributed by atoms with Gasteiger partial charge in [-0.1, -0.05) is 25.1 Å². The highest BCUT2D eigenvalue weighted by Gasteiger charge is 2.63. The topological polar surface area (TPSA) is 55.4 Å². The Morgan fingerprint density at radius 2 is 2.14 bits per heavy atom. The third-order valence-electron chi connectivity index (χ3n) is 5.44. The van der Waals surface area contributed by atoms with Crippen LogP contribution in [-0.4, -0.2) is 18.0 Å². The van der Waals surface area contributed by atoms with Gasteiger partial charge in [0, 0.05) is 11.6 Å². The molecule has 1 N–H and O–H groups in total. The molecule has 0 unspecified atom stereocenters. The fraction of sp³-hybridized carbons (Fsp3) is 0.529. The van der Waals surface area contributed by atoms with Crippen molar-refractivity contribution in [2.45, 2.75) is 32.3 Å². The lowest BCUT2D eigenvalue weighted by atomic mass is 9.79. The largest absolute Gasteiger partial charge is 0.462 e. The molecule has 2 aliphatic carbocycles. The number of benzene rings is 1. The number of carbonyl (C=O) groups is 2. The summed E-state index contributed by atoms with van der Waals surface area (Å²) in [7, 11) is 0. The second kappa shape index (κ2) is 4.58. The number of nitrogens with one attached hydrogen (secondary N) is 1. The van der Waals surface area contributed by atoms with Crippen LogP contribution in [-0.2, 0) is 20.7 Å². The van der Waals surface area contributed by atoms with Crippen LogP contribution in [0.1, 0.15) is 25.3 Å². The van der Waals surface area contributed by atoms with Gasteiger partial charge in [-0.3, -0.25) is 9.59 Å². The van der Waals surface area contributed by atoms with Gasteiger partial charge in [0.1, 0.15) is 6.10 Å². The van der Waals surface area contributed by atoms with Gasteiger partial charge >= 0.3 is 5.97 Å². The van der Waals surface area contributed by atoms with Crippen LogP contribution in [0.3, 0.4) is 0 Å². The Labute approximate surface area is 123 Å². The molecular weight excluding hydrogens is 266 g/mol. The molecule has 0 aromatic heterocycles. The van der Waals surface area contributed by atoms with Gasteiger partial charge in [-0.15, -0.1) is 0 Å². The van der Waals surface area contributed by atoms with Gasteiger partial charge < -0.3 is 10.1 Å². The van der Waals surface area contributed by atoms with E-state index in [4.69, 9.17) is 4.74 Å². The first-order valence-corrected chi connectivity index (χ1v) is 7.78. The third kappa shape index (κ3) is 1.81. The molecule has 3 aliphatic rings. The lowest BCUT2D eigenvalue weighted by Crippen LogP contribution is -2.36. The van der Waals surface area contributed by atoms with Crippen LogP contribution in [0.15, 0.2) is 24.3 Å². The Hall–Kier alpha value is -1.84. The van der Waals surface area contributed by atoms with E-state index in [0.717, 1.165) is 30.5 Å². The average molecular weight is 285 g/mol. The van der Waals surface area contributed by atoms with Crippen molar-refractivity contribution >= 4 is 17.6 Å². The number of ether oxygens (including phenoxy) is 1. The maximum Gasteiger partial charge on any atom is 0.310 e. The number of hydrogen-bond acceptors (Lipinski definition) is 3. The molecule has 1 aromatic rings. The molecule has 4 heteroatoms. The summed E-state index contributed by atoms with van der Waals surface area (Å²) >= 11 is 0. The minimum absolute atomic E-state index is 0.00861. The van der Waals surface area contributed by atoms with Crippen LogP contribution < -0.4 is 5.32 Å². The monoisotopic (exact) mass is 285 g/mol. The number of hydrogen-bond donors (Lipinski definition) is 1. The molecule has 0 spiro atoms. The predicted octanol–water partition coefficient (Wildman–Crippen LogP) is 2.39. The van der Waals surface area contributed by atoms with Crippen molar-refractivity contribution in [2.24, 2.45) is 23.7 Å². The van der Waals surface area contributed by atoms with E-state index in [-0.39, 0.29) is 35.7 Å². The Bertz CT molecular complexity index is 610. The van der Waals surface area contributed by atoms with E-state index in [1.54, 1.807) is 0 Å². The quantitative estimate of drug-likeness (QED) is 0.868. The van der Waals surface area contributed by atoms with Crippen molar-refractivity contribution < 1.29 is 14.3 Å². The summed E-state index contributed by atoms with van der Waals surface area (Å²) < 4.78 is 5.40. The molecule has 110 valence electrons. The molecule has 4 rings (SSSR count). The van der Waals surface area contributed by atoms with Crippen LogP contribution in [0, 0.1) is 23.7 Å². The Morgan fingerprint density at radius 1 is 1.33 bits per heavy atom. The molecule has 2 bridgehead atoms. The molecule has 1 amide bonds. The second-order valence-electron chi connectivity index (χ2n) is 6.42. The molecule has 1 aromatic carbocycles. The van der Waals surface area contributed by atoms with Crippen molar-refractivity contribution in [3.05, 3.63) is 29.8 Å². The first-order chi connectivity index (χ1) is 10.2. The van der Waals surface area contributed by atoms with Crippen LogP contribution >= 0.6 is 0 Å². The molecule has 2 saturated carbocycles. The minimum Gasteiger partial charge on any atom is -0.462 e. The number of para-hydroxylation sites is 1. The Balaban J connectivity index is 1.57. The van der Waals surface area contributed by atoms with E-state index in [1.165, 1.54) is 0 Å². The average Bonchev–Trinajstić information content (AvgIpc) is 3.09. The van der Waals surface area contributed by atoms with Crippen molar-refractivity contribution in [1.82, 2.24) is 0 Å². The second-order valence-corrected chi connectivity index (χ2v) is 6.42. The van der Waals surface area contributed by atoms with Crippen molar-refractivity contribution in [2.75, 3.05) is 5.32 Å². The summed E-state index contributed by atoms with van der Waals surface area (Å²) in [5.41, 5.74) is 2.00. The highest BCUT2D eigenvalue weighted by molar-refractivity contribution is 5.97. The maximum absolute atomic E-state index is 12.7. The van der Waals surface area contributed by atoms with Gasteiger partial charge in [0.05, 0.1) is 11.8 Å². The summed E-state index contributed by atoms with van der Waals surface area (Å²) in [6.07, 6.45) is 2.79. The first kappa shape index (κ1) is 12.9. The smallest absolute Gasteiger partial charge is 0.310 e. The summed E-state index contributed by atoms with van der Waals surface area (Å²) in [4.78, 5) is 24.7. The maximum atomic E-state index is 12.7. The van der Waals surface area contributed by atoms with Gasteiger partial charge in [-0.2, -0.15) is 0 Å². The number of rotatable bonds is 3. The zero-order chi connectivity index (χ0) is 14.6. The highest BCUT2D eigenvalue weighted by atomic mass is 16.6. The summed E-state index contributed by atoms with van der Waals surface area (Å²) in [6.45, 7) is 2.07. The number of carbonyl (C=O) groups excluding carboxylic acids is 2. The fourth-order valence-electron chi connectivity index (χ4n) is 4.53. The standard InChI is InChI=1S/C17H19NO3/c1-2-9-5-3-4-6-12(9)18-16(19)14-10-7-11-13(8-10)21-17(20)15(11)14/h3-6,10-11,13-15H,2,7-8H2,1H3,(H,18,19)/t10-,11-,13+,14-,15-/m0/s1. The molecule has 0 radical (unpaired) electrons. The van der Waals surface area contributed by atoms with Gasteiger partial charge in [-0.25, -0.2) is 0 Å². The van der Waals surface area contributed by atoms with Gasteiger partial charge in [0.25, 0.3) is 0 Å². The van der Waals surface area contributed by atoms with Crippen LogP contribution in [0.4, 0.5) is 5.69 Å². The number of anilines is 1.